The van der Waals surface area contributed by atoms with Crippen molar-refractivity contribution in [2.45, 2.75) is 32.6 Å². The van der Waals surface area contributed by atoms with Crippen LogP contribution in [0.3, 0.4) is 0 Å². The summed E-state index contributed by atoms with van der Waals surface area (Å²) in [6, 6.07) is 8.69. The van der Waals surface area contributed by atoms with Crippen molar-refractivity contribution in [3.63, 3.8) is 0 Å². The highest BCUT2D eigenvalue weighted by Gasteiger charge is 2.15. The topological polar surface area (TPSA) is 43.8 Å². The molecule has 0 unspecified atom stereocenters. The molecule has 1 heterocycles. The third kappa shape index (κ3) is 2.87. The summed E-state index contributed by atoms with van der Waals surface area (Å²) in [5, 5.41) is 0. The molecule has 2 rings (SSSR count). The third-order valence-electron chi connectivity index (χ3n) is 3.46. The minimum Gasteiger partial charge on any atom is -0.337 e. The molecule has 1 aromatic heterocycles. The molecular weight excluding hydrogens is 234 g/mol. The van der Waals surface area contributed by atoms with Gasteiger partial charge in [0.2, 0.25) is 0 Å². The smallest absolute Gasteiger partial charge is 0.0953 e. The monoisotopic (exact) mass is 257 g/mol. The van der Waals surface area contributed by atoms with Crippen molar-refractivity contribution in [3.05, 3.63) is 41.9 Å². The molecule has 19 heavy (non-hydrogen) atoms. The molecule has 0 saturated heterocycles. The molecule has 0 aliphatic rings. The van der Waals surface area contributed by atoms with Gasteiger partial charge in [-0.1, -0.05) is 45.0 Å². The van der Waals surface area contributed by atoms with Crippen molar-refractivity contribution >= 4 is 0 Å². The zero-order chi connectivity index (χ0) is 14.0. The van der Waals surface area contributed by atoms with Crippen LogP contribution in [0.2, 0.25) is 0 Å². The zero-order valence-corrected chi connectivity index (χ0v) is 12.3. The van der Waals surface area contributed by atoms with Crippen LogP contribution in [0.5, 0.6) is 0 Å². The minimum atomic E-state index is 0.183. The lowest BCUT2D eigenvalue weighted by molar-refractivity contribution is 0.590. The summed E-state index contributed by atoms with van der Waals surface area (Å²) in [6.07, 6.45) is 2.71. The second-order valence-electron chi connectivity index (χ2n) is 6.02. The van der Waals surface area contributed by atoms with Crippen molar-refractivity contribution < 1.29 is 0 Å². The van der Waals surface area contributed by atoms with Crippen LogP contribution in [0.1, 0.15) is 32.0 Å². The second-order valence-corrected chi connectivity index (χ2v) is 6.02. The maximum Gasteiger partial charge on any atom is 0.0953 e. The Morgan fingerprint density at radius 2 is 1.79 bits per heavy atom. The Morgan fingerprint density at radius 3 is 2.32 bits per heavy atom. The molecule has 2 N–H and O–H groups in total. The maximum absolute atomic E-state index is 5.68. The summed E-state index contributed by atoms with van der Waals surface area (Å²) in [5.74, 6) is 0. The van der Waals surface area contributed by atoms with Crippen LogP contribution in [-0.2, 0) is 18.9 Å². The molecule has 2 aromatic rings. The Balaban J connectivity index is 2.38. The van der Waals surface area contributed by atoms with Gasteiger partial charge < -0.3 is 10.3 Å². The summed E-state index contributed by atoms with van der Waals surface area (Å²) in [4.78, 5) is 4.50. The molecule has 102 valence electrons. The van der Waals surface area contributed by atoms with Crippen LogP contribution in [0.15, 0.2) is 30.6 Å². The number of hydrogen-bond acceptors (Lipinski definition) is 2. The number of aromatic nitrogens is 2. The van der Waals surface area contributed by atoms with E-state index < -0.39 is 0 Å². The first-order valence-corrected chi connectivity index (χ1v) is 6.74. The highest BCUT2D eigenvalue weighted by atomic mass is 15.0. The van der Waals surface area contributed by atoms with E-state index in [2.05, 4.69) is 54.6 Å². The first-order chi connectivity index (χ1) is 8.93. The van der Waals surface area contributed by atoms with E-state index in [1.54, 1.807) is 0 Å². The largest absolute Gasteiger partial charge is 0.337 e. The summed E-state index contributed by atoms with van der Waals surface area (Å²) >= 11 is 0. The first-order valence-electron chi connectivity index (χ1n) is 6.74. The van der Waals surface area contributed by atoms with Crippen molar-refractivity contribution in [1.82, 2.24) is 9.55 Å². The predicted molar refractivity (Wildman–Crippen MR) is 80.1 cm³/mol. The SMILES string of the molecule is Cn1cnc(-c2ccc(C(C)(C)C)cc2)c1CCN. The highest BCUT2D eigenvalue weighted by molar-refractivity contribution is 5.62. The molecule has 0 saturated carbocycles. The van der Waals surface area contributed by atoms with Crippen molar-refractivity contribution in [1.29, 1.82) is 0 Å². The van der Waals surface area contributed by atoms with Crippen LogP contribution in [0.4, 0.5) is 0 Å². The van der Waals surface area contributed by atoms with Gasteiger partial charge in [0.15, 0.2) is 0 Å². The Hall–Kier alpha value is -1.61. The van der Waals surface area contributed by atoms with Crippen LogP contribution in [0.25, 0.3) is 11.3 Å². The summed E-state index contributed by atoms with van der Waals surface area (Å²) in [6.45, 7) is 7.32. The van der Waals surface area contributed by atoms with E-state index in [0.717, 1.165) is 17.7 Å². The van der Waals surface area contributed by atoms with Crippen LogP contribution in [-0.4, -0.2) is 16.1 Å². The van der Waals surface area contributed by atoms with Gasteiger partial charge >= 0.3 is 0 Å². The molecule has 0 fully saturated rings. The van der Waals surface area contributed by atoms with E-state index in [1.165, 1.54) is 11.3 Å². The van der Waals surface area contributed by atoms with Crippen molar-refractivity contribution in [2.75, 3.05) is 6.54 Å². The number of rotatable bonds is 3. The average molecular weight is 257 g/mol. The van der Waals surface area contributed by atoms with E-state index in [0.29, 0.717) is 6.54 Å². The Bertz CT molecular complexity index is 544. The fourth-order valence-corrected chi connectivity index (χ4v) is 2.26. The average Bonchev–Trinajstić information content (AvgIpc) is 2.71. The van der Waals surface area contributed by atoms with Gasteiger partial charge in [0, 0.05) is 24.7 Å². The van der Waals surface area contributed by atoms with Crippen LogP contribution in [0, 0.1) is 0 Å². The molecular formula is C16H23N3. The van der Waals surface area contributed by atoms with Gasteiger partial charge in [-0.05, 0) is 17.5 Å². The molecule has 0 atom stereocenters. The van der Waals surface area contributed by atoms with E-state index >= 15 is 0 Å². The summed E-state index contributed by atoms with van der Waals surface area (Å²) < 4.78 is 2.06. The van der Waals surface area contributed by atoms with Gasteiger partial charge in [-0.15, -0.1) is 0 Å². The zero-order valence-electron chi connectivity index (χ0n) is 12.3. The number of aryl methyl sites for hydroxylation is 1. The van der Waals surface area contributed by atoms with Gasteiger partial charge in [-0.3, -0.25) is 0 Å². The summed E-state index contributed by atoms with van der Waals surface area (Å²) in [5.41, 5.74) is 10.6. The molecule has 3 nitrogen and oxygen atoms in total. The number of nitrogens with two attached hydrogens (primary N) is 1. The molecule has 0 aliphatic heterocycles. The number of imidazole rings is 1. The fraction of sp³-hybridized carbons (Fsp3) is 0.438. The van der Waals surface area contributed by atoms with Gasteiger partial charge in [-0.2, -0.15) is 0 Å². The third-order valence-corrected chi connectivity index (χ3v) is 3.46. The first kappa shape index (κ1) is 13.8. The molecule has 0 aliphatic carbocycles. The molecule has 1 aromatic carbocycles. The Kier molecular flexibility index (Phi) is 3.76. The fourth-order valence-electron chi connectivity index (χ4n) is 2.26. The lowest BCUT2D eigenvalue weighted by Crippen LogP contribution is -2.10. The molecule has 3 heteroatoms. The lowest BCUT2D eigenvalue weighted by Gasteiger charge is -2.19. The summed E-state index contributed by atoms with van der Waals surface area (Å²) in [7, 11) is 2.02. The minimum absolute atomic E-state index is 0.183. The van der Waals surface area contributed by atoms with Crippen LogP contribution < -0.4 is 5.73 Å². The second kappa shape index (κ2) is 5.17. The van der Waals surface area contributed by atoms with E-state index in [1.807, 2.05) is 13.4 Å². The van der Waals surface area contributed by atoms with Crippen molar-refractivity contribution in [2.24, 2.45) is 12.8 Å². The standard InChI is InChI=1S/C16H23N3/c1-16(2,3)13-7-5-12(6-8-13)15-14(9-10-17)19(4)11-18-15/h5-8,11H,9-10,17H2,1-4H3. The quantitative estimate of drug-likeness (QED) is 0.919. The number of hydrogen-bond donors (Lipinski definition) is 1. The van der Waals surface area contributed by atoms with E-state index in [4.69, 9.17) is 5.73 Å². The van der Waals surface area contributed by atoms with Crippen LogP contribution >= 0.6 is 0 Å². The van der Waals surface area contributed by atoms with Gasteiger partial charge in [0.25, 0.3) is 0 Å². The molecule has 0 amide bonds. The highest BCUT2D eigenvalue weighted by Crippen LogP contribution is 2.27. The lowest BCUT2D eigenvalue weighted by atomic mass is 9.86. The normalized spacial score (nSPS) is 11.8. The maximum atomic E-state index is 5.68. The number of nitrogens with zero attached hydrogens (tertiary/aromatic N) is 2. The van der Waals surface area contributed by atoms with Crippen molar-refractivity contribution in [3.8, 4) is 11.3 Å². The Morgan fingerprint density at radius 1 is 1.16 bits per heavy atom. The van der Waals surface area contributed by atoms with Gasteiger partial charge in [0.1, 0.15) is 0 Å². The van der Waals surface area contributed by atoms with E-state index in [-0.39, 0.29) is 5.41 Å². The van der Waals surface area contributed by atoms with E-state index in [9.17, 15) is 0 Å². The Labute approximate surface area is 115 Å². The number of benzene rings is 1. The predicted octanol–water partition coefficient (Wildman–Crippen LogP) is 2.89. The molecule has 0 bridgehead atoms. The van der Waals surface area contributed by atoms with Gasteiger partial charge in [-0.25, -0.2) is 4.98 Å². The van der Waals surface area contributed by atoms with Gasteiger partial charge in [0.05, 0.1) is 12.0 Å². The molecule has 0 radical (unpaired) electrons. The molecule has 0 spiro atoms.